The van der Waals surface area contributed by atoms with E-state index < -0.39 is 27.3 Å². The summed E-state index contributed by atoms with van der Waals surface area (Å²) >= 11 is 0. The molecule has 2 rings (SSSR count). The first-order valence-electron chi connectivity index (χ1n) is 7.73. The number of aliphatic carboxylic acids is 1. The number of rotatable bonds is 8. The van der Waals surface area contributed by atoms with Crippen molar-refractivity contribution in [1.82, 2.24) is 10.0 Å². The summed E-state index contributed by atoms with van der Waals surface area (Å²) in [7, 11) is -3.65. The largest absolute Gasteiger partial charge is 0.481 e. The molecule has 0 atom stereocenters. The van der Waals surface area contributed by atoms with Crippen LogP contribution in [0.4, 0.5) is 0 Å². The average molecular weight is 354 g/mol. The molecule has 24 heavy (non-hydrogen) atoms. The maximum atomic E-state index is 12.2. The molecule has 0 unspecified atom stereocenters. The Morgan fingerprint density at radius 2 is 1.96 bits per heavy atom. The van der Waals surface area contributed by atoms with Gasteiger partial charge in [0.25, 0.3) is 5.91 Å². The van der Waals surface area contributed by atoms with Gasteiger partial charge in [0, 0.05) is 18.7 Å². The number of carboxylic acid groups (broad SMARTS) is 1. The molecule has 3 N–H and O–H groups in total. The van der Waals surface area contributed by atoms with Gasteiger partial charge in [-0.25, -0.2) is 13.1 Å². The highest BCUT2D eigenvalue weighted by Gasteiger charge is 2.28. The summed E-state index contributed by atoms with van der Waals surface area (Å²) in [6.45, 7) is 3.35. The smallest absolute Gasteiger partial charge is 0.310 e. The summed E-state index contributed by atoms with van der Waals surface area (Å²) in [5, 5.41) is 11.6. The standard InChI is InChI=1S/C16H22N2O5S/c1-16(2,15(20)21)10-17-14(19)12-4-3-5-13(8-12)24(22,23)18-9-11-6-7-11/h3-5,8,11,18H,6-7,9-10H2,1-2H3,(H,17,19)(H,20,21). The Morgan fingerprint density at radius 1 is 1.29 bits per heavy atom. The lowest BCUT2D eigenvalue weighted by molar-refractivity contribution is -0.146. The van der Waals surface area contributed by atoms with E-state index in [1.165, 1.54) is 38.1 Å². The number of amides is 1. The summed E-state index contributed by atoms with van der Waals surface area (Å²) in [4.78, 5) is 23.2. The third kappa shape index (κ3) is 4.78. The summed E-state index contributed by atoms with van der Waals surface area (Å²) in [6.07, 6.45) is 2.06. The first kappa shape index (κ1) is 18.4. The number of carboxylic acids is 1. The van der Waals surface area contributed by atoms with Crippen LogP contribution in [-0.2, 0) is 14.8 Å². The van der Waals surface area contributed by atoms with Crippen LogP contribution in [0.3, 0.4) is 0 Å². The van der Waals surface area contributed by atoms with Crippen LogP contribution in [0.2, 0.25) is 0 Å². The van der Waals surface area contributed by atoms with Crippen LogP contribution in [0, 0.1) is 11.3 Å². The average Bonchev–Trinajstić information content (AvgIpc) is 3.35. The predicted molar refractivity (Wildman–Crippen MR) is 88.1 cm³/mol. The van der Waals surface area contributed by atoms with Crippen LogP contribution < -0.4 is 10.0 Å². The van der Waals surface area contributed by atoms with Gasteiger partial charge in [0.05, 0.1) is 10.3 Å². The van der Waals surface area contributed by atoms with Crippen molar-refractivity contribution in [2.24, 2.45) is 11.3 Å². The normalized spacial score (nSPS) is 15.1. The zero-order valence-electron chi connectivity index (χ0n) is 13.7. The Kier molecular flexibility index (Phi) is 5.29. The van der Waals surface area contributed by atoms with Gasteiger partial charge < -0.3 is 10.4 Å². The molecule has 7 nitrogen and oxygen atoms in total. The molecule has 0 saturated heterocycles. The topological polar surface area (TPSA) is 113 Å². The van der Waals surface area contributed by atoms with Gasteiger partial charge in [-0.3, -0.25) is 9.59 Å². The number of nitrogens with one attached hydrogen (secondary N) is 2. The number of hydrogen-bond donors (Lipinski definition) is 3. The van der Waals surface area contributed by atoms with E-state index in [1.54, 1.807) is 0 Å². The van der Waals surface area contributed by atoms with Crippen molar-refractivity contribution in [3.63, 3.8) is 0 Å². The van der Waals surface area contributed by atoms with E-state index in [2.05, 4.69) is 10.0 Å². The second kappa shape index (κ2) is 6.90. The highest BCUT2D eigenvalue weighted by atomic mass is 32.2. The summed E-state index contributed by atoms with van der Waals surface area (Å²) in [5.74, 6) is -1.13. The van der Waals surface area contributed by atoms with Gasteiger partial charge in [-0.1, -0.05) is 6.07 Å². The maximum absolute atomic E-state index is 12.2. The van der Waals surface area contributed by atoms with E-state index in [0.29, 0.717) is 12.5 Å². The number of sulfonamides is 1. The zero-order chi connectivity index (χ0) is 18.0. The summed E-state index contributed by atoms with van der Waals surface area (Å²) < 4.78 is 27.0. The first-order valence-corrected chi connectivity index (χ1v) is 9.21. The van der Waals surface area contributed by atoms with Gasteiger partial charge >= 0.3 is 5.97 Å². The maximum Gasteiger partial charge on any atom is 0.310 e. The Morgan fingerprint density at radius 3 is 2.54 bits per heavy atom. The van der Waals surface area contributed by atoms with Crippen LogP contribution in [0.1, 0.15) is 37.0 Å². The molecule has 0 heterocycles. The van der Waals surface area contributed by atoms with E-state index in [1.807, 2.05) is 0 Å². The molecule has 1 aliphatic rings. The second-order valence-corrected chi connectivity index (χ2v) is 8.46. The van der Waals surface area contributed by atoms with E-state index >= 15 is 0 Å². The van der Waals surface area contributed by atoms with Crippen LogP contribution in [0.15, 0.2) is 29.2 Å². The highest BCUT2D eigenvalue weighted by molar-refractivity contribution is 7.89. The Labute approximate surface area is 141 Å². The summed E-state index contributed by atoms with van der Waals surface area (Å²) in [5.41, 5.74) is -0.934. The molecule has 1 aromatic carbocycles. The van der Waals surface area contributed by atoms with E-state index in [9.17, 15) is 18.0 Å². The molecule has 0 radical (unpaired) electrons. The van der Waals surface area contributed by atoms with Gasteiger partial charge in [-0.2, -0.15) is 0 Å². The number of carbonyl (C=O) groups excluding carboxylic acids is 1. The van der Waals surface area contributed by atoms with Crippen molar-refractivity contribution in [2.45, 2.75) is 31.6 Å². The molecule has 1 fully saturated rings. The zero-order valence-corrected chi connectivity index (χ0v) is 14.5. The van der Waals surface area contributed by atoms with Crippen LogP contribution in [0.25, 0.3) is 0 Å². The number of carbonyl (C=O) groups is 2. The summed E-state index contributed by atoms with van der Waals surface area (Å²) in [6, 6.07) is 5.69. The third-order valence-electron chi connectivity index (χ3n) is 3.94. The molecular formula is C16H22N2O5S. The van der Waals surface area contributed by atoms with E-state index in [-0.39, 0.29) is 17.0 Å². The fraction of sp³-hybridized carbons (Fsp3) is 0.500. The molecule has 1 saturated carbocycles. The molecule has 0 aromatic heterocycles. The lowest BCUT2D eigenvalue weighted by atomic mass is 9.94. The molecule has 0 spiro atoms. The lowest BCUT2D eigenvalue weighted by Crippen LogP contribution is -2.39. The molecule has 0 aliphatic heterocycles. The van der Waals surface area contributed by atoms with Crippen LogP contribution in [-0.4, -0.2) is 38.5 Å². The minimum atomic E-state index is -3.65. The molecule has 1 amide bonds. The minimum Gasteiger partial charge on any atom is -0.481 e. The minimum absolute atomic E-state index is 0.0216. The van der Waals surface area contributed by atoms with Gasteiger partial charge in [-0.05, 0) is 50.8 Å². The molecule has 8 heteroatoms. The second-order valence-electron chi connectivity index (χ2n) is 6.69. The molecule has 1 aliphatic carbocycles. The third-order valence-corrected chi connectivity index (χ3v) is 5.36. The molecule has 132 valence electrons. The molecular weight excluding hydrogens is 332 g/mol. The molecule has 0 bridgehead atoms. The van der Waals surface area contributed by atoms with Crippen molar-refractivity contribution in [2.75, 3.05) is 13.1 Å². The Balaban J connectivity index is 2.06. The van der Waals surface area contributed by atoms with Gasteiger partial charge in [0.15, 0.2) is 0 Å². The quantitative estimate of drug-likeness (QED) is 0.650. The van der Waals surface area contributed by atoms with Crippen molar-refractivity contribution < 1.29 is 23.1 Å². The number of hydrogen-bond acceptors (Lipinski definition) is 4. The Hall–Kier alpha value is -1.93. The van der Waals surface area contributed by atoms with Gasteiger partial charge in [0.1, 0.15) is 0 Å². The van der Waals surface area contributed by atoms with Crippen molar-refractivity contribution >= 4 is 21.9 Å². The fourth-order valence-corrected chi connectivity index (χ4v) is 3.08. The first-order chi connectivity index (χ1) is 11.1. The Bertz CT molecular complexity index is 739. The monoisotopic (exact) mass is 354 g/mol. The number of benzene rings is 1. The predicted octanol–water partition coefficient (Wildman–Crippen LogP) is 1.22. The fourth-order valence-electron chi connectivity index (χ4n) is 1.92. The SMILES string of the molecule is CC(C)(CNC(=O)c1cccc(S(=O)(=O)NCC2CC2)c1)C(=O)O. The van der Waals surface area contributed by atoms with Gasteiger partial charge in [0.2, 0.25) is 10.0 Å². The van der Waals surface area contributed by atoms with Crippen LogP contribution in [0.5, 0.6) is 0 Å². The van der Waals surface area contributed by atoms with Crippen molar-refractivity contribution in [1.29, 1.82) is 0 Å². The van der Waals surface area contributed by atoms with Gasteiger partial charge in [-0.15, -0.1) is 0 Å². The highest BCUT2D eigenvalue weighted by Crippen LogP contribution is 2.28. The van der Waals surface area contributed by atoms with Crippen LogP contribution >= 0.6 is 0 Å². The lowest BCUT2D eigenvalue weighted by Gasteiger charge is -2.19. The van der Waals surface area contributed by atoms with Crippen molar-refractivity contribution in [3.8, 4) is 0 Å². The van der Waals surface area contributed by atoms with Crippen molar-refractivity contribution in [3.05, 3.63) is 29.8 Å². The molecule has 1 aromatic rings. The van der Waals surface area contributed by atoms with E-state index in [0.717, 1.165) is 12.8 Å². The van der Waals surface area contributed by atoms with E-state index in [4.69, 9.17) is 5.11 Å².